The minimum Gasteiger partial charge on any atom is -0.352 e. The molecule has 0 radical (unpaired) electrons. The van der Waals surface area contributed by atoms with E-state index in [-0.39, 0.29) is 36.0 Å². The lowest BCUT2D eigenvalue weighted by atomic mass is 9.95. The normalized spacial score (nSPS) is 15.1. The fourth-order valence-electron chi connectivity index (χ4n) is 4.24. The predicted octanol–water partition coefficient (Wildman–Crippen LogP) is 6.62. The topological polar surface area (TPSA) is 49.4 Å². The molecule has 1 aliphatic rings. The maximum atomic E-state index is 14.0. The highest BCUT2D eigenvalue weighted by molar-refractivity contribution is 7.99. The van der Waals surface area contributed by atoms with Crippen molar-refractivity contribution in [3.8, 4) is 0 Å². The molecule has 0 saturated heterocycles. The van der Waals surface area contributed by atoms with Gasteiger partial charge in [0.05, 0.1) is 5.75 Å². The summed E-state index contributed by atoms with van der Waals surface area (Å²) in [4.78, 5) is 28.2. The van der Waals surface area contributed by atoms with Gasteiger partial charge in [-0.1, -0.05) is 73.7 Å². The van der Waals surface area contributed by atoms with Crippen molar-refractivity contribution in [3.63, 3.8) is 0 Å². The van der Waals surface area contributed by atoms with E-state index >= 15 is 0 Å². The van der Waals surface area contributed by atoms with E-state index in [9.17, 15) is 14.0 Å². The Morgan fingerprint density at radius 3 is 2.53 bits per heavy atom. The summed E-state index contributed by atoms with van der Waals surface area (Å²) in [7, 11) is 0. The van der Waals surface area contributed by atoms with Crippen LogP contribution in [0.5, 0.6) is 0 Å². The summed E-state index contributed by atoms with van der Waals surface area (Å²) < 4.78 is 14.0. The van der Waals surface area contributed by atoms with Gasteiger partial charge in [-0.25, -0.2) is 4.39 Å². The van der Waals surface area contributed by atoms with Gasteiger partial charge in [-0.05, 0) is 48.6 Å². The van der Waals surface area contributed by atoms with Gasteiger partial charge in [0.25, 0.3) is 0 Å². The second-order valence-electron chi connectivity index (χ2n) is 8.61. The van der Waals surface area contributed by atoms with Crippen LogP contribution in [0.15, 0.2) is 42.5 Å². The first-order chi connectivity index (χ1) is 16.4. The molecule has 0 aliphatic heterocycles. The highest BCUT2D eigenvalue weighted by Gasteiger charge is 2.30. The summed E-state index contributed by atoms with van der Waals surface area (Å²) in [6, 6.07) is 11.2. The number of benzene rings is 2. The molecule has 0 aromatic heterocycles. The molecule has 0 unspecified atom stereocenters. The molecule has 1 N–H and O–H groups in total. The van der Waals surface area contributed by atoms with E-state index in [2.05, 4.69) is 5.32 Å². The Labute approximate surface area is 215 Å². The monoisotopic (exact) mass is 524 g/mol. The molecule has 2 aromatic rings. The molecule has 1 saturated carbocycles. The number of thioether (sulfide) groups is 1. The van der Waals surface area contributed by atoms with Crippen molar-refractivity contribution in [3.05, 3.63) is 69.5 Å². The quantitative estimate of drug-likeness (QED) is 0.379. The molecule has 0 spiro atoms. The number of rotatable bonds is 10. The van der Waals surface area contributed by atoms with Crippen LogP contribution in [0, 0.1) is 5.82 Å². The second kappa shape index (κ2) is 13.4. The second-order valence-corrected chi connectivity index (χ2v) is 10.4. The Morgan fingerprint density at radius 2 is 1.85 bits per heavy atom. The Hall–Kier alpha value is -1.76. The molecule has 2 aromatic carbocycles. The van der Waals surface area contributed by atoms with Crippen molar-refractivity contribution >= 4 is 46.8 Å². The first kappa shape index (κ1) is 26.8. The van der Waals surface area contributed by atoms with Crippen molar-refractivity contribution in [1.29, 1.82) is 0 Å². The molecule has 4 nitrogen and oxygen atoms in total. The van der Waals surface area contributed by atoms with E-state index < -0.39 is 6.04 Å². The fraction of sp³-hybridized carbons (Fsp3) is 0.462. The summed E-state index contributed by atoms with van der Waals surface area (Å²) in [5, 5.41) is 4.12. The van der Waals surface area contributed by atoms with Crippen molar-refractivity contribution in [1.82, 2.24) is 10.2 Å². The van der Waals surface area contributed by atoms with Gasteiger partial charge in [0, 0.05) is 28.4 Å². The molecule has 1 aliphatic carbocycles. The number of amides is 2. The van der Waals surface area contributed by atoms with Crippen LogP contribution >= 0.6 is 35.0 Å². The standard InChI is InChI=1S/C26H31Cl2FN2O2S/c1-2-24(26(33)30-21-9-4-3-5-10-21)31(15-18-12-13-20(27)14-22(18)28)25(32)17-34-16-19-8-6-7-11-23(19)29/h6-8,11-14,21,24H,2-5,9-10,15-17H2,1H3,(H,30,33)/t24-/m0/s1. The van der Waals surface area contributed by atoms with Gasteiger partial charge in [-0.15, -0.1) is 11.8 Å². The summed E-state index contributed by atoms with van der Waals surface area (Å²) in [5.41, 5.74) is 1.28. The van der Waals surface area contributed by atoms with Crippen LogP contribution in [0.1, 0.15) is 56.6 Å². The zero-order valence-electron chi connectivity index (χ0n) is 19.4. The lowest BCUT2D eigenvalue weighted by Crippen LogP contribution is -2.52. The maximum absolute atomic E-state index is 14.0. The van der Waals surface area contributed by atoms with Crippen LogP contribution in [-0.4, -0.2) is 34.6 Å². The van der Waals surface area contributed by atoms with Crippen molar-refractivity contribution in [2.24, 2.45) is 0 Å². The fourth-order valence-corrected chi connectivity index (χ4v) is 5.61. The number of hydrogen-bond donors (Lipinski definition) is 1. The minimum atomic E-state index is -0.616. The van der Waals surface area contributed by atoms with Gasteiger partial charge >= 0.3 is 0 Å². The third-order valence-electron chi connectivity index (χ3n) is 6.13. The van der Waals surface area contributed by atoms with Gasteiger partial charge in [0.1, 0.15) is 11.9 Å². The molecule has 0 bridgehead atoms. The zero-order valence-corrected chi connectivity index (χ0v) is 21.7. The Morgan fingerprint density at radius 1 is 1.12 bits per heavy atom. The van der Waals surface area contributed by atoms with Crippen LogP contribution in [0.25, 0.3) is 0 Å². The summed E-state index contributed by atoms with van der Waals surface area (Å²) >= 11 is 13.8. The van der Waals surface area contributed by atoms with Crippen LogP contribution in [-0.2, 0) is 21.9 Å². The van der Waals surface area contributed by atoms with E-state index in [0.29, 0.717) is 27.8 Å². The van der Waals surface area contributed by atoms with Crippen molar-refractivity contribution < 1.29 is 14.0 Å². The molecular formula is C26H31Cl2FN2O2S. The first-order valence-electron chi connectivity index (χ1n) is 11.7. The first-order valence-corrected chi connectivity index (χ1v) is 13.6. The lowest BCUT2D eigenvalue weighted by molar-refractivity contribution is -0.139. The lowest BCUT2D eigenvalue weighted by Gasteiger charge is -2.33. The van der Waals surface area contributed by atoms with E-state index in [0.717, 1.165) is 31.2 Å². The van der Waals surface area contributed by atoms with Gasteiger partial charge in [0.15, 0.2) is 0 Å². The van der Waals surface area contributed by atoms with Crippen molar-refractivity contribution in [2.75, 3.05) is 5.75 Å². The number of carbonyl (C=O) groups excluding carboxylic acids is 2. The average molecular weight is 526 g/mol. The SMILES string of the molecule is CC[C@@H](C(=O)NC1CCCCC1)N(Cc1ccc(Cl)cc1Cl)C(=O)CSCc1ccccc1F. The summed E-state index contributed by atoms with van der Waals surface area (Å²) in [5.74, 6) is -0.0957. The minimum absolute atomic E-state index is 0.132. The van der Waals surface area contributed by atoms with Gasteiger partial charge in [0.2, 0.25) is 11.8 Å². The molecule has 0 heterocycles. The third kappa shape index (κ3) is 7.62. The maximum Gasteiger partial charge on any atom is 0.243 e. The van der Waals surface area contributed by atoms with E-state index in [1.807, 2.05) is 6.92 Å². The molecule has 34 heavy (non-hydrogen) atoms. The van der Waals surface area contributed by atoms with Crippen LogP contribution < -0.4 is 5.32 Å². The highest BCUT2D eigenvalue weighted by atomic mass is 35.5. The molecule has 3 rings (SSSR count). The van der Waals surface area contributed by atoms with Crippen LogP contribution in [0.2, 0.25) is 10.0 Å². The zero-order chi connectivity index (χ0) is 24.5. The predicted molar refractivity (Wildman–Crippen MR) is 139 cm³/mol. The number of nitrogens with zero attached hydrogens (tertiary/aromatic N) is 1. The Kier molecular flexibility index (Phi) is 10.5. The number of nitrogens with one attached hydrogen (secondary N) is 1. The summed E-state index contributed by atoms with van der Waals surface area (Å²) in [6.45, 7) is 2.10. The summed E-state index contributed by atoms with van der Waals surface area (Å²) in [6.07, 6.45) is 5.83. The van der Waals surface area contributed by atoms with E-state index in [4.69, 9.17) is 23.2 Å². The number of hydrogen-bond acceptors (Lipinski definition) is 3. The molecule has 1 fully saturated rings. The molecule has 2 amide bonds. The van der Waals surface area contributed by atoms with E-state index in [1.54, 1.807) is 41.3 Å². The Balaban J connectivity index is 1.74. The third-order valence-corrected chi connectivity index (χ3v) is 7.69. The van der Waals surface area contributed by atoms with Gasteiger partial charge in [-0.2, -0.15) is 0 Å². The number of carbonyl (C=O) groups is 2. The van der Waals surface area contributed by atoms with Crippen molar-refractivity contribution in [2.45, 2.75) is 69.8 Å². The van der Waals surface area contributed by atoms with Gasteiger partial charge in [-0.3, -0.25) is 9.59 Å². The average Bonchev–Trinajstić information content (AvgIpc) is 2.82. The van der Waals surface area contributed by atoms with Crippen LogP contribution in [0.3, 0.4) is 0 Å². The molecule has 184 valence electrons. The van der Waals surface area contributed by atoms with Gasteiger partial charge < -0.3 is 10.2 Å². The molecule has 1 atom stereocenters. The molecular weight excluding hydrogens is 494 g/mol. The molecule has 8 heteroatoms. The smallest absolute Gasteiger partial charge is 0.243 e. The largest absolute Gasteiger partial charge is 0.352 e. The van der Waals surface area contributed by atoms with E-state index in [1.165, 1.54) is 24.2 Å². The number of halogens is 3. The van der Waals surface area contributed by atoms with Crippen LogP contribution in [0.4, 0.5) is 4.39 Å². The highest BCUT2D eigenvalue weighted by Crippen LogP contribution is 2.25. The Bertz CT molecular complexity index is 985.